The fourth-order valence-electron chi connectivity index (χ4n) is 1.10. The van der Waals surface area contributed by atoms with Gasteiger partial charge in [0.15, 0.2) is 0 Å². The van der Waals surface area contributed by atoms with Gasteiger partial charge in [0.25, 0.3) is 0 Å². The Morgan fingerprint density at radius 2 is 2.07 bits per heavy atom. The molecule has 3 nitrogen and oxygen atoms in total. The van der Waals surface area contributed by atoms with E-state index in [1.54, 1.807) is 11.3 Å². The van der Waals surface area contributed by atoms with Crippen molar-refractivity contribution in [3.05, 3.63) is 10.0 Å². The molecule has 0 amide bonds. The van der Waals surface area contributed by atoms with Crippen molar-refractivity contribution in [1.29, 1.82) is 0 Å². The molecule has 0 bridgehead atoms. The van der Waals surface area contributed by atoms with E-state index in [4.69, 9.17) is 5.73 Å². The van der Waals surface area contributed by atoms with Gasteiger partial charge in [0.2, 0.25) is 0 Å². The van der Waals surface area contributed by atoms with Gasteiger partial charge in [-0.1, -0.05) is 32.1 Å². The first kappa shape index (κ1) is 11.6. The summed E-state index contributed by atoms with van der Waals surface area (Å²) in [5, 5.41) is 10.4. The lowest BCUT2D eigenvalue weighted by molar-refractivity contribution is 0.583. The van der Waals surface area contributed by atoms with Crippen LogP contribution < -0.4 is 5.73 Å². The molecule has 1 heterocycles. The molecule has 4 heteroatoms. The second-order valence-electron chi connectivity index (χ2n) is 3.98. The Morgan fingerprint density at radius 1 is 1.36 bits per heavy atom. The first-order chi connectivity index (χ1) is 6.63. The quantitative estimate of drug-likeness (QED) is 0.817. The molecule has 0 aliphatic rings. The molecule has 1 rings (SSSR count). The summed E-state index contributed by atoms with van der Waals surface area (Å²) in [4.78, 5) is 0. The van der Waals surface area contributed by atoms with Gasteiger partial charge < -0.3 is 5.73 Å². The monoisotopic (exact) mass is 213 g/mol. The highest BCUT2D eigenvalue weighted by molar-refractivity contribution is 7.11. The maximum absolute atomic E-state index is 5.87. The molecule has 0 radical (unpaired) electrons. The van der Waals surface area contributed by atoms with E-state index in [0.717, 1.165) is 28.8 Å². The lowest BCUT2D eigenvalue weighted by Gasteiger charge is -2.01. The van der Waals surface area contributed by atoms with Crippen molar-refractivity contribution >= 4 is 11.3 Å². The number of hydrogen-bond acceptors (Lipinski definition) is 4. The largest absolute Gasteiger partial charge is 0.322 e. The Kier molecular flexibility index (Phi) is 4.48. The van der Waals surface area contributed by atoms with Gasteiger partial charge in [-0.2, -0.15) is 0 Å². The second-order valence-corrected chi connectivity index (χ2v) is 5.07. The molecule has 1 unspecified atom stereocenters. The van der Waals surface area contributed by atoms with Crippen LogP contribution in [0.1, 0.15) is 49.7 Å². The molecule has 2 N–H and O–H groups in total. The molecule has 0 aliphatic carbocycles. The Bertz CT molecular complexity index is 270. The Hall–Kier alpha value is -0.480. The summed E-state index contributed by atoms with van der Waals surface area (Å²) in [7, 11) is 0. The molecule has 1 atom stereocenters. The van der Waals surface area contributed by atoms with Gasteiger partial charge in [-0.15, -0.1) is 10.2 Å². The smallest absolute Gasteiger partial charge is 0.134 e. The highest BCUT2D eigenvalue weighted by Gasteiger charge is 2.10. The maximum atomic E-state index is 5.87. The third-order valence-electron chi connectivity index (χ3n) is 2.18. The van der Waals surface area contributed by atoms with E-state index in [0.29, 0.717) is 0 Å². The van der Waals surface area contributed by atoms with Crippen molar-refractivity contribution in [3.63, 3.8) is 0 Å². The van der Waals surface area contributed by atoms with Crippen LogP contribution in [0.3, 0.4) is 0 Å². The van der Waals surface area contributed by atoms with E-state index < -0.39 is 0 Å². The van der Waals surface area contributed by atoms with Crippen LogP contribution in [0.5, 0.6) is 0 Å². The molecule has 1 aromatic rings. The van der Waals surface area contributed by atoms with Crippen LogP contribution in [0, 0.1) is 5.92 Å². The normalized spacial score (nSPS) is 13.5. The zero-order chi connectivity index (χ0) is 10.6. The topological polar surface area (TPSA) is 51.8 Å². The van der Waals surface area contributed by atoms with Crippen LogP contribution in [-0.2, 0) is 6.42 Å². The zero-order valence-corrected chi connectivity index (χ0v) is 9.97. The van der Waals surface area contributed by atoms with Crippen molar-refractivity contribution in [1.82, 2.24) is 10.2 Å². The molecule has 0 aliphatic heterocycles. The predicted molar refractivity (Wildman–Crippen MR) is 60.3 cm³/mol. The number of hydrogen-bond donors (Lipinski definition) is 1. The minimum atomic E-state index is 0.0697. The van der Waals surface area contributed by atoms with Crippen LogP contribution in [0.25, 0.3) is 0 Å². The first-order valence-electron chi connectivity index (χ1n) is 5.21. The lowest BCUT2D eigenvalue weighted by Crippen LogP contribution is -2.07. The van der Waals surface area contributed by atoms with Gasteiger partial charge in [-0.3, -0.25) is 0 Å². The molecular formula is C10H19N3S. The van der Waals surface area contributed by atoms with E-state index in [9.17, 15) is 0 Å². The summed E-state index contributed by atoms with van der Waals surface area (Å²) in [5.74, 6) is 0.724. The summed E-state index contributed by atoms with van der Waals surface area (Å²) in [5.41, 5.74) is 5.87. The van der Waals surface area contributed by atoms with Crippen LogP contribution in [-0.4, -0.2) is 10.2 Å². The van der Waals surface area contributed by atoms with E-state index in [1.165, 1.54) is 6.42 Å². The summed E-state index contributed by atoms with van der Waals surface area (Å²) < 4.78 is 0. The number of nitrogens with zero attached hydrogens (tertiary/aromatic N) is 2. The molecular weight excluding hydrogens is 194 g/mol. The van der Waals surface area contributed by atoms with E-state index >= 15 is 0 Å². The molecule has 0 spiro atoms. The minimum absolute atomic E-state index is 0.0697. The van der Waals surface area contributed by atoms with Crippen molar-refractivity contribution in [2.24, 2.45) is 11.7 Å². The average Bonchev–Trinajstić information content (AvgIpc) is 2.62. The van der Waals surface area contributed by atoms with Crippen LogP contribution in [0.2, 0.25) is 0 Å². The van der Waals surface area contributed by atoms with E-state index in [2.05, 4.69) is 31.0 Å². The molecule has 0 saturated carbocycles. The number of aromatic nitrogens is 2. The van der Waals surface area contributed by atoms with Gasteiger partial charge in [0.1, 0.15) is 10.0 Å². The van der Waals surface area contributed by atoms with Gasteiger partial charge >= 0.3 is 0 Å². The molecule has 80 valence electrons. The van der Waals surface area contributed by atoms with Gasteiger partial charge in [-0.05, 0) is 18.8 Å². The Balaban J connectivity index is 2.50. The van der Waals surface area contributed by atoms with Gasteiger partial charge in [0, 0.05) is 6.42 Å². The van der Waals surface area contributed by atoms with Crippen LogP contribution in [0.4, 0.5) is 0 Å². The Labute approximate surface area is 89.7 Å². The van der Waals surface area contributed by atoms with Crippen molar-refractivity contribution in [3.8, 4) is 0 Å². The fraction of sp³-hybridized carbons (Fsp3) is 0.800. The molecule has 0 aromatic carbocycles. The molecule has 14 heavy (non-hydrogen) atoms. The number of rotatable bonds is 5. The average molecular weight is 213 g/mol. The molecule has 0 fully saturated rings. The summed E-state index contributed by atoms with van der Waals surface area (Å²) >= 11 is 1.66. The number of nitrogens with two attached hydrogens (primary N) is 1. The Morgan fingerprint density at radius 3 is 2.64 bits per heavy atom. The third kappa shape index (κ3) is 3.35. The second kappa shape index (κ2) is 5.41. The minimum Gasteiger partial charge on any atom is -0.322 e. The van der Waals surface area contributed by atoms with Crippen molar-refractivity contribution in [2.75, 3.05) is 0 Å². The predicted octanol–water partition coefficient (Wildman–Crippen LogP) is 2.54. The van der Waals surface area contributed by atoms with Crippen LogP contribution in [0.15, 0.2) is 0 Å². The highest BCUT2D eigenvalue weighted by atomic mass is 32.1. The van der Waals surface area contributed by atoms with Gasteiger partial charge in [-0.25, -0.2) is 0 Å². The summed E-state index contributed by atoms with van der Waals surface area (Å²) in [6, 6.07) is 0.0697. The van der Waals surface area contributed by atoms with E-state index in [-0.39, 0.29) is 6.04 Å². The SMILES string of the molecule is CCC(N)c1nnc(CCC(C)C)s1. The molecule has 1 aromatic heterocycles. The zero-order valence-electron chi connectivity index (χ0n) is 9.16. The van der Waals surface area contributed by atoms with Crippen molar-refractivity contribution < 1.29 is 0 Å². The first-order valence-corrected chi connectivity index (χ1v) is 6.03. The number of aryl methyl sites for hydroxylation is 1. The van der Waals surface area contributed by atoms with Gasteiger partial charge in [0.05, 0.1) is 6.04 Å². The van der Waals surface area contributed by atoms with E-state index in [1.807, 2.05) is 0 Å². The standard InChI is InChI=1S/C10H19N3S/c1-4-8(11)10-13-12-9(14-10)6-5-7(2)3/h7-8H,4-6,11H2,1-3H3. The maximum Gasteiger partial charge on any atom is 0.134 e. The third-order valence-corrected chi connectivity index (χ3v) is 3.29. The summed E-state index contributed by atoms with van der Waals surface area (Å²) in [6.45, 7) is 6.51. The fourth-order valence-corrected chi connectivity index (χ4v) is 2.05. The highest BCUT2D eigenvalue weighted by Crippen LogP contribution is 2.20. The van der Waals surface area contributed by atoms with Crippen molar-refractivity contribution in [2.45, 2.75) is 46.1 Å². The lowest BCUT2D eigenvalue weighted by atomic mass is 10.1. The van der Waals surface area contributed by atoms with Crippen LogP contribution >= 0.6 is 11.3 Å². The summed E-state index contributed by atoms with van der Waals surface area (Å²) in [6.07, 6.45) is 3.14. The molecule has 0 saturated heterocycles.